The van der Waals surface area contributed by atoms with E-state index in [0.717, 1.165) is 29.2 Å². The summed E-state index contributed by atoms with van der Waals surface area (Å²) in [5.41, 5.74) is 2.38. The molecule has 0 aliphatic rings. The summed E-state index contributed by atoms with van der Waals surface area (Å²) in [6.45, 7) is 0. The first-order valence-electron chi connectivity index (χ1n) is 6.61. The van der Waals surface area contributed by atoms with Crippen LogP contribution in [0.1, 0.15) is 11.1 Å². The van der Waals surface area contributed by atoms with Crippen molar-refractivity contribution in [3.05, 3.63) is 58.9 Å². The molecule has 1 aromatic carbocycles. The maximum absolute atomic E-state index is 6.08. The van der Waals surface area contributed by atoms with E-state index in [1.165, 1.54) is 5.56 Å². The van der Waals surface area contributed by atoms with Gasteiger partial charge in [-0.25, -0.2) is 0 Å². The van der Waals surface area contributed by atoms with Crippen molar-refractivity contribution in [1.29, 1.82) is 0 Å². The van der Waals surface area contributed by atoms with Gasteiger partial charge in [0, 0.05) is 23.5 Å². The number of halogens is 1. The second-order valence-corrected chi connectivity index (χ2v) is 5.14. The molecular weight excluding hydrogens is 272 g/mol. The monoisotopic (exact) mass is 290 g/mol. The maximum Gasteiger partial charge on any atom is 0.122 e. The lowest BCUT2D eigenvalue weighted by molar-refractivity contribution is 0.406. The molecule has 4 heteroatoms. The quantitative estimate of drug-likeness (QED) is 0.887. The van der Waals surface area contributed by atoms with Crippen molar-refractivity contribution in [2.75, 3.05) is 14.2 Å². The lowest BCUT2D eigenvalue weighted by atomic mass is 9.99. The Morgan fingerprint density at radius 2 is 1.95 bits per heavy atom. The number of pyridine rings is 1. The van der Waals surface area contributed by atoms with Crippen LogP contribution in [0.5, 0.6) is 5.75 Å². The SMILES string of the molecule is CNC(Cc1ccncc1)Cc1cc(Cl)ccc1OC. The van der Waals surface area contributed by atoms with Crippen LogP contribution < -0.4 is 10.1 Å². The van der Waals surface area contributed by atoms with Gasteiger partial charge in [-0.1, -0.05) is 11.6 Å². The summed E-state index contributed by atoms with van der Waals surface area (Å²) < 4.78 is 5.40. The zero-order valence-electron chi connectivity index (χ0n) is 11.8. The summed E-state index contributed by atoms with van der Waals surface area (Å²) >= 11 is 6.08. The van der Waals surface area contributed by atoms with Crippen molar-refractivity contribution in [3.8, 4) is 5.75 Å². The molecule has 0 aliphatic carbocycles. The molecule has 1 atom stereocenters. The molecule has 0 bridgehead atoms. The third kappa shape index (κ3) is 3.95. The lowest BCUT2D eigenvalue weighted by Gasteiger charge is -2.18. The van der Waals surface area contributed by atoms with Gasteiger partial charge in [0.25, 0.3) is 0 Å². The van der Waals surface area contributed by atoms with Gasteiger partial charge in [-0.2, -0.15) is 0 Å². The van der Waals surface area contributed by atoms with Gasteiger partial charge in [-0.3, -0.25) is 4.98 Å². The van der Waals surface area contributed by atoms with E-state index in [1.54, 1.807) is 7.11 Å². The van der Waals surface area contributed by atoms with Crippen LogP contribution in [-0.4, -0.2) is 25.2 Å². The van der Waals surface area contributed by atoms with E-state index in [1.807, 2.05) is 49.8 Å². The topological polar surface area (TPSA) is 34.2 Å². The number of ether oxygens (including phenoxy) is 1. The minimum atomic E-state index is 0.324. The first-order chi connectivity index (χ1) is 9.72. The fourth-order valence-corrected chi connectivity index (χ4v) is 2.45. The smallest absolute Gasteiger partial charge is 0.122 e. The van der Waals surface area contributed by atoms with Crippen LogP contribution in [0.4, 0.5) is 0 Å². The van der Waals surface area contributed by atoms with Crippen molar-refractivity contribution in [1.82, 2.24) is 10.3 Å². The van der Waals surface area contributed by atoms with E-state index in [0.29, 0.717) is 6.04 Å². The highest BCUT2D eigenvalue weighted by Crippen LogP contribution is 2.24. The Morgan fingerprint density at radius 1 is 1.20 bits per heavy atom. The molecular formula is C16H19ClN2O. The number of methoxy groups -OCH3 is 1. The first kappa shape index (κ1) is 14.8. The highest BCUT2D eigenvalue weighted by atomic mass is 35.5. The number of rotatable bonds is 6. The van der Waals surface area contributed by atoms with Gasteiger partial charge in [-0.15, -0.1) is 0 Å². The fraction of sp³-hybridized carbons (Fsp3) is 0.312. The minimum absolute atomic E-state index is 0.324. The zero-order chi connectivity index (χ0) is 14.4. The van der Waals surface area contributed by atoms with Gasteiger partial charge in [0.05, 0.1) is 7.11 Å². The first-order valence-corrected chi connectivity index (χ1v) is 6.99. The Balaban J connectivity index is 2.12. The number of hydrogen-bond acceptors (Lipinski definition) is 3. The molecule has 1 heterocycles. The summed E-state index contributed by atoms with van der Waals surface area (Å²) in [5.74, 6) is 0.879. The van der Waals surface area contributed by atoms with E-state index in [9.17, 15) is 0 Å². The second-order valence-electron chi connectivity index (χ2n) is 4.71. The second kappa shape index (κ2) is 7.27. The highest BCUT2D eigenvalue weighted by molar-refractivity contribution is 6.30. The number of aromatic nitrogens is 1. The molecule has 0 saturated heterocycles. The van der Waals surface area contributed by atoms with Crippen LogP contribution in [-0.2, 0) is 12.8 Å². The summed E-state index contributed by atoms with van der Waals surface area (Å²) in [6.07, 6.45) is 5.45. The number of benzene rings is 1. The minimum Gasteiger partial charge on any atom is -0.496 e. The van der Waals surface area contributed by atoms with Crippen molar-refractivity contribution in [2.45, 2.75) is 18.9 Å². The molecule has 1 aromatic heterocycles. The molecule has 1 N–H and O–H groups in total. The number of nitrogens with zero attached hydrogens (tertiary/aromatic N) is 1. The van der Waals surface area contributed by atoms with Crippen LogP contribution in [0.15, 0.2) is 42.7 Å². The largest absolute Gasteiger partial charge is 0.496 e. The Hall–Kier alpha value is -1.58. The highest BCUT2D eigenvalue weighted by Gasteiger charge is 2.12. The average molecular weight is 291 g/mol. The fourth-order valence-electron chi connectivity index (χ4n) is 2.25. The van der Waals surface area contributed by atoms with Crippen LogP contribution in [0, 0.1) is 0 Å². The summed E-state index contributed by atoms with van der Waals surface area (Å²) in [4.78, 5) is 4.04. The van der Waals surface area contributed by atoms with Crippen LogP contribution in [0.2, 0.25) is 5.02 Å². The molecule has 3 nitrogen and oxygen atoms in total. The van der Waals surface area contributed by atoms with E-state index in [2.05, 4.69) is 10.3 Å². The van der Waals surface area contributed by atoms with E-state index < -0.39 is 0 Å². The van der Waals surface area contributed by atoms with E-state index in [4.69, 9.17) is 16.3 Å². The van der Waals surface area contributed by atoms with Gasteiger partial charge in [0.1, 0.15) is 5.75 Å². The van der Waals surface area contributed by atoms with Gasteiger partial charge in [0.2, 0.25) is 0 Å². The summed E-state index contributed by atoms with van der Waals surface area (Å²) in [5, 5.41) is 4.09. The van der Waals surface area contributed by atoms with Gasteiger partial charge >= 0.3 is 0 Å². The standard InChI is InChI=1S/C16H19ClN2O/c1-18-15(9-12-5-7-19-8-6-12)11-13-10-14(17)3-4-16(13)20-2/h3-8,10,15,18H,9,11H2,1-2H3. The number of hydrogen-bond donors (Lipinski definition) is 1. The van der Waals surface area contributed by atoms with Crippen molar-refractivity contribution < 1.29 is 4.74 Å². The maximum atomic E-state index is 6.08. The Kier molecular flexibility index (Phi) is 5.39. The van der Waals surface area contributed by atoms with Crippen molar-refractivity contribution >= 4 is 11.6 Å². The molecule has 0 saturated carbocycles. The molecule has 2 aromatic rings. The molecule has 0 amide bonds. The van der Waals surface area contributed by atoms with E-state index in [-0.39, 0.29) is 0 Å². The zero-order valence-corrected chi connectivity index (χ0v) is 12.5. The predicted molar refractivity (Wildman–Crippen MR) is 82.5 cm³/mol. The molecule has 106 valence electrons. The third-order valence-electron chi connectivity index (χ3n) is 3.35. The molecule has 0 aliphatic heterocycles. The molecule has 2 rings (SSSR count). The van der Waals surface area contributed by atoms with Gasteiger partial charge in [0.15, 0.2) is 0 Å². The van der Waals surface area contributed by atoms with Gasteiger partial charge in [-0.05, 0) is 61.3 Å². The Bertz CT molecular complexity index is 545. The third-order valence-corrected chi connectivity index (χ3v) is 3.58. The van der Waals surface area contributed by atoms with Crippen molar-refractivity contribution in [3.63, 3.8) is 0 Å². The number of likely N-dealkylation sites (N-methyl/N-ethyl adjacent to an activating group) is 1. The molecule has 0 radical (unpaired) electrons. The predicted octanol–water partition coefficient (Wildman–Crippen LogP) is 3.12. The molecule has 0 fully saturated rings. The molecule has 0 spiro atoms. The van der Waals surface area contributed by atoms with Crippen LogP contribution in [0.3, 0.4) is 0 Å². The van der Waals surface area contributed by atoms with E-state index >= 15 is 0 Å². The number of nitrogens with one attached hydrogen (secondary N) is 1. The summed E-state index contributed by atoms with van der Waals surface area (Å²) in [7, 11) is 3.66. The molecule has 1 unspecified atom stereocenters. The van der Waals surface area contributed by atoms with Crippen LogP contribution >= 0.6 is 11.6 Å². The lowest BCUT2D eigenvalue weighted by Crippen LogP contribution is -2.30. The van der Waals surface area contributed by atoms with Crippen LogP contribution in [0.25, 0.3) is 0 Å². The Labute approximate surface area is 124 Å². The molecule has 20 heavy (non-hydrogen) atoms. The van der Waals surface area contributed by atoms with Gasteiger partial charge < -0.3 is 10.1 Å². The summed E-state index contributed by atoms with van der Waals surface area (Å²) in [6, 6.07) is 10.1. The van der Waals surface area contributed by atoms with Crippen molar-refractivity contribution in [2.24, 2.45) is 0 Å². The Morgan fingerprint density at radius 3 is 2.60 bits per heavy atom. The average Bonchev–Trinajstić information content (AvgIpc) is 2.48. The normalized spacial score (nSPS) is 12.2.